The van der Waals surface area contributed by atoms with E-state index in [4.69, 9.17) is 4.42 Å². The van der Waals surface area contributed by atoms with Crippen LogP contribution in [-0.4, -0.2) is 14.5 Å². The van der Waals surface area contributed by atoms with Gasteiger partial charge in [-0.15, -0.1) is 0 Å². The van der Waals surface area contributed by atoms with Crippen molar-refractivity contribution in [3.8, 4) is 50.5 Å². The quantitative estimate of drug-likeness (QED) is 0.188. The van der Waals surface area contributed by atoms with Gasteiger partial charge in [0.1, 0.15) is 11.2 Å². The lowest BCUT2D eigenvalue weighted by atomic mass is 9.96. The highest BCUT2D eigenvalue weighted by molar-refractivity contribution is 6.12. The molecule has 0 atom stereocenters. The summed E-state index contributed by atoms with van der Waals surface area (Å²) >= 11 is 0. The molecule has 0 saturated heterocycles. The largest absolute Gasteiger partial charge is 0.456 e. The number of hydrogen-bond acceptors (Lipinski definition) is 3. The van der Waals surface area contributed by atoms with Gasteiger partial charge in [-0.05, 0) is 95.1 Å². The van der Waals surface area contributed by atoms with Gasteiger partial charge < -0.3 is 8.98 Å². The van der Waals surface area contributed by atoms with Gasteiger partial charge in [0.15, 0.2) is 0 Å². The van der Waals surface area contributed by atoms with Crippen molar-refractivity contribution in [1.82, 2.24) is 14.5 Å². The van der Waals surface area contributed by atoms with Crippen LogP contribution >= 0.6 is 0 Å². The van der Waals surface area contributed by atoms with Crippen LogP contribution in [0.5, 0.6) is 0 Å². The molecule has 0 unspecified atom stereocenters. The highest BCUT2D eigenvalue weighted by Gasteiger charge is 2.17. The molecule has 234 valence electrons. The highest BCUT2D eigenvalue weighted by atomic mass is 16.3. The molecule has 50 heavy (non-hydrogen) atoms. The van der Waals surface area contributed by atoms with Crippen molar-refractivity contribution < 1.29 is 4.42 Å². The van der Waals surface area contributed by atoms with Crippen LogP contribution in [0.25, 0.3) is 94.2 Å². The predicted molar refractivity (Wildman–Crippen MR) is 205 cm³/mol. The monoisotopic (exact) mass is 639 g/mol. The molecule has 0 aliphatic heterocycles. The number of rotatable bonds is 5. The normalized spacial score (nSPS) is 11.6. The fraction of sp³-hybridized carbons (Fsp3) is 0. The lowest BCUT2D eigenvalue weighted by molar-refractivity contribution is 0.669. The van der Waals surface area contributed by atoms with Gasteiger partial charge in [0.25, 0.3) is 0 Å². The number of benzene rings is 6. The molecule has 0 spiro atoms. The van der Waals surface area contributed by atoms with E-state index in [1.54, 1.807) is 0 Å². The third-order valence-corrected chi connectivity index (χ3v) is 9.74. The predicted octanol–water partition coefficient (Wildman–Crippen LogP) is 12.1. The van der Waals surface area contributed by atoms with E-state index in [2.05, 4.69) is 154 Å². The van der Waals surface area contributed by atoms with Crippen LogP contribution in [0.3, 0.4) is 0 Å². The maximum absolute atomic E-state index is 6.39. The molecule has 4 nitrogen and oxygen atoms in total. The fourth-order valence-corrected chi connectivity index (χ4v) is 7.45. The van der Waals surface area contributed by atoms with Crippen molar-refractivity contribution in [1.29, 1.82) is 0 Å². The van der Waals surface area contributed by atoms with Gasteiger partial charge in [-0.2, -0.15) is 0 Å². The molecule has 0 aliphatic carbocycles. The molecule has 10 aromatic rings. The van der Waals surface area contributed by atoms with E-state index in [1.807, 2.05) is 36.7 Å². The third kappa shape index (κ3) is 4.54. The third-order valence-electron chi connectivity index (χ3n) is 9.74. The molecule has 0 radical (unpaired) electrons. The standard InChI is InChI=1S/C46H29N3O/c1-3-13-35(41-16-7-9-25-47-41)33(11-1)30-19-22-44-38(27-30)37-15-5-6-18-43(37)49(44)32-21-24-46-40(29-32)39-28-31(20-23-45(39)50-46)34-12-2-4-14-36(34)42-17-8-10-26-48-42/h1-29H. The number of hydrogen-bond donors (Lipinski definition) is 0. The Morgan fingerprint density at radius 2 is 0.900 bits per heavy atom. The average molecular weight is 640 g/mol. The van der Waals surface area contributed by atoms with Gasteiger partial charge in [-0.3, -0.25) is 9.97 Å². The summed E-state index contributed by atoms with van der Waals surface area (Å²) in [5.74, 6) is 0. The molecule has 6 aromatic carbocycles. The SMILES string of the molecule is c1ccc(-c2ccccc2-c2ccc3oc4ccc(-n5c6ccccc6c6cc(-c7ccccc7-c7ccccn7)ccc65)cc4c3c2)nc1. The first-order valence-electron chi connectivity index (χ1n) is 16.8. The first-order chi connectivity index (χ1) is 24.8. The van der Waals surface area contributed by atoms with Gasteiger partial charge in [-0.25, -0.2) is 0 Å². The lowest BCUT2D eigenvalue weighted by Crippen LogP contribution is -1.93. The molecular formula is C46H29N3O. The van der Waals surface area contributed by atoms with Crippen molar-refractivity contribution in [2.24, 2.45) is 0 Å². The van der Waals surface area contributed by atoms with Crippen molar-refractivity contribution in [2.45, 2.75) is 0 Å². The minimum absolute atomic E-state index is 0.869. The maximum atomic E-state index is 6.39. The Morgan fingerprint density at radius 3 is 1.56 bits per heavy atom. The van der Waals surface area contributed by atoms with E-state index in [9.17, 15) is 0 Å². The van der Waals surface area contributed by atoms with Gasteiger partial charge in [-0.1, -0.05) is 91.0 Å². The number of furan rings is 1. The van der Waals surface area contributed by atoms with E-state index < -0.39 is 0 Å². The summed E-state index contributed by atoms with van der Waals surface area (Å²) in [5, 5.41) is 4.59. The molecule has 4 heteroatoms. The molecule has 4 heterocycles. The molecule has 0 bridgehead atoms. The Bertz CT molecular complexity index is 2870. The fourth-order valence-electron chi connectivity index (χ4n) is 7.45. The Labute approximate surface area is 288 Å². The molecular weight excluding hydrogens is 611 g/mol. The van der Waals surface area contributed by atoms with Crippen LogP contribution in [0.2, 0.25) is 0 Å². The number of aromatic nitrogens is 3. The number of fused-ring (bicyclic) bond motifs is 6. The van der Waals surface area contributed by atoms with Crippen LogP contribution in [-0.2, 0) is 0 Å². The lowest BCUT2D eigenvalue weighted by Gasteiger charge is -2.11. The molecule has 0 N–H and O–H groups in total. The zero-order valence-electron chi connectivity index (χ0n) is 27.0. The minimum atomic E-state index is 0.869. The zero-order valence-corrected chi connectivity index (χ0v) is 27.0. The molecule has 0 fully saturated rings. The second kappa shape index (κ2) is 11.4. The second-order valence-corrected chi connectivity index (χ2v) is 12.6. The zero-order chi connectivity index (χ0) is 33.0. The maximum Gasteiger partial charge on any atom is 0.135 e. The van der Waals surface area contributed by atoms with Crippen LogP contribution in [0.1, 0.15) is 0 Å². The van der Waals surface area contributed by atoms with E-state index in [0.29, 0.717) is 0 Å². The van der Waals surface area contributed by atoms with E-state index in [1.165, 1.54) is 10.8 Å². The van der Waals surface area contributed by atoms with Crippen LogP contribution in [0.4, 0.5) is 0 Å². The number of pyridine rings is 2. The first kappa shape index (κ1) is 28.3. The summed E-state index contributed by atoms with van der Waals surface area (Å²) in [5.41, 5.74) is 13.9. The van der Waals surface area contributed by atoms with Crippen molar-refractivity contribution >= 4 is 43.7 Å². The van der Waals surface area contributed by atoms with Gasteiger partial charge in [0.05, 0.1) is 22.4 Å². The van der Waals surface area contributed by atoms with Gasteiger partial charge in [0, 0.05) is 50.8 Å². The van der Waals surface area contributed by atoms with E-state index >= 15 is 0 Å². The second-order valence-electron chi connectivity index (χ2n) is 12.6. The first-order valence-corrected chi connectivity index (χ1v) is 16.8. The molecule has 0 saturated carbocycles. The van der Waals surface area contributed by atoms with Gasteiger partial charge >= 0.3 is 0 Å². The Balaban J connectivity index is 1.14. The van der Waals surface area contributed by atoms with Crippen molar-refractivity contribution in [3.63, 3.8) is 0 Å². The summed E-state index contributed by atoms with van der Waals surface area (Å²) in [6.07, 6.45) is 3.70. The van der Waals surface area contributed by atoms with Crippen molar-refractivity contribution in [2.75, 3.05) is 0 Å². The number of para-hydroxylation sites is 1. The number of nitrogens with zero attached hydrogens (tertiary/aromatic N) is 3. The Kier molecular flexibility index (Phi) is 6.46. The van der Waals surface area contributed by atoms with Crippen LogP contribution < -0.4 is 0 Å². The Morgan fingerprint density at radius 1 is 0.380 bits per heavy atom. The average Bonchev–Trinajstić information content (AvgIpc) is 3.73. The molecule has 10 rings (SSSR count). The van der Waals surface area contributed by atoms with Crippen LogP contribution in [0.15, 0.2) is 181 Å². The van der Waals surface area contributed by atoms with E-state index in [0.717, 1.165) is 83.4 Å². The molecule has 0 amide bonds. The smallest absolute Gasteiger partial charge is 0.135 e. The topological polar surface area (TPSA) is 43.9 Å². The minimum Gasteiger partial charge on any atom is -0.456 e. The van der Waals surface area contributed by atoms with Gasteiger partial charge in [0.2, 0.25) is 0 Å². The van der Waals surface area contributed by atoms with E-state index in [-0.39, 0.29) is 0 Å². The summed E-state index contributed by atoms with van der Waals surface area (Å²) in [4.78, 5) is 9.30. The summed E-state index contributed by atoms with van der Waals surface area (Å²) in [6.45, 7) is 0. The summed E-state index contributed by atoms with van der Waals surface area (Å²) in [6, 6.07) is 57.6. The van der Waals surface area contributed by atoms with Crippen molar-refractivity contribution in [3.05, 3.63) is 176 Å². The Hall–Kier alpha value is -6.78. The summed E-state index contributed by atoms with van der Waals surface area (Å²) in [7, 11) is 0. The summed E-state index contributed by atoms with van der Waals surface area (Å²) < 4.78 is 8.76. The highest BCUT2D eigenvalue weighted by Crippen LogP contribution is 2.40. The molecule has 0 aliphatic rings. The molecule has 4 aromatic heterocycles. The van der Waals surface area contributed by atoms with Crippen LogP contribution in [0, 0.1) is 0 Å².